The van der Waals surface area contributed by atoms with E-state index in [-0.39, 0.29) is 5.82 Å². The van der Waals surface area contributed by atoms with Crippen LogP contribution < -0.4 is 4.74 Å². The Labute approximate surface area is 74.5 Å². The zero-order valence-electron chi connectivity index (χ0n) is 7.11. The summed E-state index contributed by atoms with van der Waals surface area (Å²) < 4.78 is 5.28. The number of aryl methyl sites for hydroxylation is 1. The molecule has 1 aliphatic rings. The van der Waals surface area contributed by atoms with E-state index in [1.165, 1.54) is 6.07 Å². The van der Waals surface area contributed by atoms with Crippen LogP contribution in [-0.2, 0) is 6.42 Å². The first kappa shape index (κ1) is 7.97. The third-order valence-electron chi connectivity index (χ3n) is 2.01. The van der Waals surface area contributed by atoms with E-state index in [0.717, 1.165) is 12.0 Å². The highest BCUT2D eigenvalue weighted by Crippen LogP contribution is 2.30. The van der Waals surface area contributed by atoms with Crippen LogP contribution in [0.5, 0.6) is 5.75 Å². The van der Waals surface area contributed by atoms with Crippen LogP contribution in [0, 0.1) is 17.0 Å². The van der Waals surface area contributed by atoms with Gasteiger partial charge in [0, 0.05) is 25.0 Å². The van der Waals surface area contributed by atoms with Gasteiger partial charge in [0.2, 0.25) is 0 Å². The molecular formula is C8H8N2O3. The lowest BCUT2D eigenvalue weighted by Gasteiger charge is -1.99. The molecule has 0 unspecified atom stereocenters. The number of aromatic nitrogens is 1. The van der Waals surface area contributed by atoms with E-state index in [0.29, 0.717) is 18.1 Å². The van der Waals surface area contributed by atoms with Crippen LogP contribution >= 0.6 is 0 Å². The van der Waals surface area contributed by atoms with Crippen molar-refractivity contribution < 1.29 is 9.66 Å². The highest BCUT2D eigenvalue weighted by atomic mass is 16.6. The summed E-state index contributed by atoms with van der Waals surface area (Å²) in [4.78, 5) is 13.8. The molecule has 13 heavy (non-hydrogen) atoms. The first-order chi connectivity index (χ1) is 6.18. The molecule has 0 saturated heterocycles. The highest BCUT2D eigenvalue weighted by Gasteiger charge is 2.22. The second-order valence-electron chi connectivity index (χ2n) is 2.91. The average Bonchev–Trinajstić information content (AvgIpc) is 2.51. The Morgan fingerprint density at radius 1 is 1.69 bits per heavy atom. The Kier molecular flexibility index (Phi) is 1.65. The summed E-state index contributed by atoms with van der Waals surface area (Å²) in [6, 6.07) is 1.48. The van der Waals surface area contributed by atoms with E-state index < -0.39 is 4.92 Å². The molecule has 0 aromatic carbocycles. The van der Waals surface area contributed by atoms with Crippen LogP contribution in [0.2, 0.25) is 0 Å². The van der Waals surface area contributed by atoms with Gasteiger partial charge < -0.3 is 14.9 Å². The fraction of sp³-hybridized carbons (Fsp3) is 0.375. The molecule has 0 spiro atoms. The number of fused-ring (bicyclic) bond motifs is 1. The molecule has 1 aromatic heterocycles. The Bertz CT molecular complexity index is 376. The summed E-state index contributed by atoms with van der Waals surface area (Å²) in [5, 5.41) is 10.5. The van der Waals surface area contributed by atoms with Gasteiger partial charge >= 0.3 is 5.82 Å². The normalized spacial score (nSPS) is 13.6. The quantitative estimate of drug-likeness (QED) is 0.481. The monoisotopic (exact) mass is 180 g/mol. The van der Waals surface area contributed by atoms with Crippen molar-refractivity contribution >= 4 is 5.82 Å². The predicted octanol–water partition coefficient (Wildman–Crippen LogP) is 1.23. The first-order valence-electron chi connectivity index (χ1n) is 3.96. The zero-order valence-corrected chi connectivity index (χ0v) is 7.11. The third-order valence-corrected chi connectivity index (χ3v) is 2.01. The summed E-state index contributed by atoms with van der Waals surface area (Å²) in [6.45, 7) is 2.32. The molecule has 0 saturated carbocycles. The van der Waals surface area contributed by atoms with Gasteiger partial charge in [-0.3, -0.25) is 0 Å². The maximum atomic E-state index is 10.5. The van der Waals surface area contributed by atoms with Gasteiger partial charge in [0.25, 0.3) is 0 Å². The van der Waals surface area contributed by atoms with Crippen molar-refractivity contribution in [1.82, 2.24) is 4.98 Å². The smallest absolute Gasteiger partial charge is 0.364 e. The van der Waals surface area contributed by atoms with Crippen molar-refractivity contribution in [3.63, 3.8) is 0 Å². The molecule has 0 bridgehead atoms. The van der Waals surface area contributed by atoms with Crippen LogP contribution in [0.15, 0.2) is 6.07 Å². The SMILES string of the molecule is Cc1nc([N+](=O)[O-])cc2c1OCC2. The van der Waals surface area contributed by atoms with Crippen molar-refractivity contribution in [2.75, 3.05) is 6.61 Å². The fourth-order valence-corrected chi connectivity index (χ4v) is 1.45. The van der Waals surface area contributed by atoms with Gasteiger partial charge in [0.1, 0.15) is 0 Å². The molecule has 2 heterocycles. The minimum absolute atomic E-state index is 0.0956. The maximum Gasteiger partial charge on any atom is 0.364 e. The molecular weight excluding hydrogens is 172 g/mol. The third kappa shape index (κ3) is 1.22. The largest absolute Gasteiger partial charge is 0.489 e. The summed E-state index contributed by atoms with van der Waals surface area (Å²) in [5.74, 6) is 0.618. The Morgan fingerprint density at radius 2 is 2.46 bits per heavy atom. The molecule has 0 amide bonds. The molecule has 0 aliphatic carbocycles. The molecule has 2 rings (SSSR count). The number of ether oxygens (including phenoxy) is 1. The average molecular weight is 180 g/mol. The topological polar surface area (TPSA) is 65.3 Å². The molecule has 0 fully saturated rings. The van der Waals surface area contributed by atoms with Crippen LogP contribution in [0.3, 0.4) is 0 Å². The minimum atomic E-state index is -0.481. The van der Waals surface area contributed by atoms with Gasteiger partial charge in [0.15, 0.2) is 11.4 Å². The van der Waals surface area contributed by atoms with Gasteiger partial charge in [-0.25, -0.2) is 0 Å². The van der Waals surface area contributed by atoms with Gasteiger partial charge in [-0.15, -0.1) is 0 Å². The standard InChI is InChI=1S/C8H8N2O3/c1-5-8-6(2-3-13-8)4-7(9-5)10(11)12/h4H,2-3H2,1H3. The lowest BCUT2D eigenvalue weighted by molar-refractivity contribution is -0.389. The Balaban J connectivity index is 2.55. The van der Waals surface area contributed by atoms with E-state index >= 15 is 0 Å². The molecule has 0 atom stereocenters. The van der Waals surface area contributed by atoms with Crippen molar-refractivity contribution in [2.45, 2.75) is 13.3 Å². The minimum Gasteiger partial charge on any atom is -0.489 e. The number of rotatable bonds is 1. The number of nitrogens with zero attached hydrogens (tertiary/aromatic N) is 2. The Morgan fingerprint density at radius 3 is 3.15 bits per heavy atom. The zero-order chi connectivity index (χ0) is 9.42. The van der Waals surface area contributed by atoms with E-state index in [1.54, 1.807) is 6.92 Å². The summed E-state index contributed by atoms with van der Waals surface area (Å²) in [6.07, 6.45) is 0.736. The molecule has 0 N–H and O–H groups in total. The van der Waals surface area contributed by atoms with Crippen LogP contribution in [0.4, 0.5) is 5.82 Å². The van der Waals surface area contributed by atoms with Gasteiger partial charge in [0.05, 0.1) is 6.61 Å². The summed E-state index contributed by atoms with van der Waals surface area (Å²) >= 11 is 0. The molecule has 1 aliphatic heterocycles. The number of hydrogen-bond donors (Lipinski definition) is 0. The van der Waals surface area contributed by atoms with Crippen molar-refractivity contribution in [1.29, 1.82) is 0 Å². The van der Waals surface area contributed by atoms with E-state index in [4.69, 9.17) is 4.74 Å². The van der Waals surface area contributed by atoms with Crippen LogP contribution in [0.25, 0.3) is 0 Å². The van der Waals surface area contributed by atoms with Crippen LogP contribution in [-0.4, -0.2) is 16.5 Å². The van der Waals surface area contributed by atoms with Gasteiger partial charge in [-0.2, -0.15) is 0 Å². The van der Waals surface area contributed by atoms with Crippen molar-refractivity contribution in [2.24, 2.45) is 0 Å². The predicted molar refractivity (Wildman–Crippen MR) is 44.8 cm³/mol. The summed E-state index contributed by atoms with van der Waals surface area (Å²) in [7, 11) is 0. The second kappa shape index (κ2) is 2.69. The highest BCUT2D eigenvalue weighted by molar-refractivity contribution is 5.44. The van der Waals surface area contributed by atoms with E-state index in [1.807, 2.05) is 0 Å². The maximum absolute atomic E-state index is 10.5. The van der Waals surface area contributed by atoms with Gasteiger partial charge in [-0.05, 0) is 9.91 Å². The molecule has 5 heteroatoms. The first-order valence-corrected chi connectivity index (χ1v) is 3.96. The second-order valence-corrected chi connectivity index (χ2v) is 2.91. The lowest BCUT2D eigenvalue weighted by Crippen LogP contribution is -1.96. The van der Waals surface area contributed by atoms with Crippen molar-refractivity contribution in [3.8, 4) is 5.75 Å². The van der Waals surface area contributed by atoms with E-state index in [9.17, 15) is 10.1 Å². The lowest BCUT2D eigenvalue weighted by atomic mass is 10.2. The molecule has 68 valence electrons. The van der Waals surface area contributed by atoms with Crippen LogP contribution in [0.1, 0.15) is 11.3 Å². The molecule has 5 nitrogen and oxygen atoms in total. The van der Waals surface area contributed by atoms with E-state index in [2.05, 4.69) is 4.98 Å². The summed E-state index contributed by atoms with van der Waals surface area (Å²) in [5.41, 5.74) is 1.49. The van der Waals surface area contributed by atoms with Gasteiger partial charge in [-0.1, -0.05) is 0 Å². The number of nitro groups is 1. The number of pyridine rings is 1. The molecule has 1 aromatic rings. The fourth-order valence-electron chi connectivity index (χ4n) is 1.45. The van der Waals surface area contributed by atoms with Crippen molar-refractivity contribution in [3.05, 3.63) is 27.4 Å². The Hall–Kier alpha value is -1.65. The molecule has 0 radical (unpaired) electrons. The number of hydrogen-bond acceptors (Lipinski definition) is 4.